The van der Waals surface area contributed by atoms with Crippen LogP contribution in [0.1, 0.15) is 43.2 Å². The zero-order chi connectivity index (χ0) is 20.9. The quantitative estimate of drug-likeness (QED) is 0.584. The first-order chi connectivity index (χ1) is 14.6. The van der Waals surface area contributed by atoms with Crippen molar-refractivity contribution in [3.63, 3.8) is 0 Å². The van der Waals surface area contributed by atoms with Crippen LogP contribution in [0.4, 0.5) is 0 Å². The second-order valence-corrected chi connectivity index (χ2v) is 8.18. The molecule has 0 aliphatic carbocycles. The van der Waals surface area contributed by atoms with Gasteiger partial charge in [-0.1, -0.05) is 29.6 Å². The lowest BCUT2D eigenvalue weighted by molar-refractivity contribution is -0.121. The molecular weight excluding hydrogens is 425 g/mol. The number of amides is 1. The summed E-state index contributed by atoms with van der Waals surface area (Å²) in [5, 5.41) is 12.6. The molecule has 1 N–H and O–H groups in total. The van der Waals surface area contributed by atoms with Crippen molar-refractivity contribution >= 4 is 29.1 Å². The average molecular weight is 448 g/mol. The fraction of sp³-hybridized carbons (Fsp3) is 0.429. The van der Waals surface area contributed by atoms with Crippen molar-refractivity contribution in [1.29, 1.82) is 0 Å². The van der Waals surface area contributed by atoms with Crippen LogP contribution in [-0.4, -0.2) is 32.2 Å². The van der Waals surface area contributed by atoms with Crippen LogP contribution in [0.15, 0.2) is 28.8 Å². The van der Waals surface area contributed by atoms with E-state index in [4.69, 9.17) is 27.6 Å². The first-order valence-electron chi connectivity index (χ1n) is 10.2. The molecule has 3 heterocycles. The monoisotopic (exact) mass is 447 g/mol. The molecule has 1 aliphatic rings. The molecule has 0 atom stereocenters. The van der Waals surface area contributed by atoms with E-state index in [-0.39, 0.29) is 5.91 Å². The Kier molecular flexibility index (Phi) is 6.69. The molecule has 0 unspecified atom stereocenters. The van der Waals surface area contributed by atoms with Crippen molar-refractivity contribution in [2.24, 2.45) is 0 Å². The maximum Gasteiger partial charge on any atom is 0.220 e. The van der Waals surface area contributed by atoms with Crippen molar-refractivity contribution in [3.05, 3.63) is 52.0 Å². The third-order valence-corrected chi connectivity index (χ3v) is 5.72. The summed E-state index contributed by atoms with van der Waals surface area (Å²) >= 11 is 12.1. The highest BCUT2D eigenvalue weighted by Gasteiger charge is 2.15. The summed E-state index contributed by atoms with van der Waals surface area (Å²) in [4.78, 5) is 16.4. The van der Waals surface area contributed by atoms with Gasteiger partial charge in [0, 0.05) is 49.4 Å². The van der Waals surface area contributed by atoms with E-state index in [1.165, 1.54) is 12.8 Å². The number of carbonyl (C=O) groups is 1. The van der Waals surface area contributed by atoms with Crippen LogP contribution in [0, 0.1) is 0 Å². The molecule has 0 fully saturated rings. The third-order valence-electron chi connectivity index (χ3n) is 5.17. The van der Waals surface area contributed by atoms with Crippen LogP contribution in [-0.2, 0) is 30.6 Å². The largest absolute Gasteiger partial charge is 0.441 e. The van der Waals surface area contributed by atoms with E-state index in [0.29, 0.717) is 47.5 Å². The number of nitrogens with zero attached hydrogens (tertiary/aromatic N) is 4. The first-order valence-corrected chi connectivity index (χ1v) is 10.9. The van der Waals surface area contributed by atoms with Gasteiger partial charge in [0.2, 0.25) is 5.91 Å². The minimum atomic E-state index is -0.0464. The Morgan fingerprint density at radius 3 is 2.93 bits per heavy atom. The fourth-order valence-electron chi connectivity index (χ4n) is 3.59. The van der Waals surface area contributed by atoms with E-state index < -0.39 is 0 Å². The van der Waals surface area contributed by atoms with Crippen LogP contribution in [0.5, 0.6) is 0 Å². The smallest absolute Gasteiger partial charge is 0.220 e. The summed E-state index contributed by atoms with van der Waals surface area (Å²) in [5.41, 5.74) is 0.719. The highest BCUT2D eigenvalue weighted by molar-refractivity contribution is 6.36. The molecule has 0 saturated carbocycles. The van der Waals surface area contributed by atoms with Gasteiger partial charge in [-0.05, 0) is 31.0 Å². The summed E-state index contributed by atoms with van der Waals surface area (Å²) in [6.07, 6.45) is 7.54. The van der Waals surface area contributed by atoms with Crippen LogP contribution < -0.4 is 5.32 Å². The van der Waals surface area contributed by atoms with Gasteiger partial charge in [-0.2, -0.15) is 0 Å². The number of carbonyl (C=O) groups excluding carboxylic acids is 1. The predicted octanol–water partition coefficient (Wildman–Crippen LogP) is 4.26. The summed E-state index contributed by atoms with van der Waals surface area (Å²) in [6, 6.07) is 5.18. The van der Waals surface area contributed by atoms with Gasteiger partial charge in [0.1, 0.15) is 11.6 Å². The lowest BCUT2D eigenvalue weighted by Crippen LogP contribution is -2.26. The normalized spacial score (nSPS) is 13.7. The number of aryl methyl sites for hydroxylation is 2. The van der Waals surface area contributed by atoms with E-state index in [1.54, 1.807) is 24.4 Å². The standard InChI is InChI=1S/C21H23Cl2N5O2/c22-14-5-6-15(16(23)12-14)17-13-25-21(30-17)8-7-20(29)24-10-9-19-27-26-18-4-2-1-3-11-28(18)19/h5-6,12-13H,1-4,7-11H2,(H,24,29). The summed E-state index contributed by atoms with van der Waals surface area (Å²) < 4.78 is 7.94. The van der Waals surface area contributed by atoms with Crippen LogP contribution in [0.2, 0.25) is 10.0 Å². The van der Waals surface area contributed by atoms with Gasteiger partial charge in [0.15, 0.2) is 11.7 Å². The van der Waals surface area contributed by atoms with Gasteiger partial charge in [-0.25, -0.2) is 4.98 Å². The molecular formula is C21H23Cl2N5O2. The number of halogens is 2. The minimum absolute atomic E-state index is 0.0464. The summed E-state index contributed by atoms with van der Waals surface area (Å²) in [5.74, 6) is 3.02. The molecule has 1 aromatic carbocycles. The topological polar surface area (TPSA) is 85.8 Å². The Morgan fingerprint density at radius 2 is 2.07 bits per heavy atom. The summed E-state index contributed by atoms with van der Waals surface area (Å²) in [6.45, 7) is 1.50. The Morgan fingerprint density at radius 1 is 1.17 bits per heavy atom. The number of hydrogen-bond acceptors (Lipinski definition) is 5. The molecule has 9 heteroatoms. The van der Waals surface area contributed by atoms with E-state index in [0.717, 1.165) is 36.6 Å². The van der Waals surface area contributed by atoms with Crippen molar-refractivity contribution in [3.8, 4) is 11.3 Å². The van der Waals surface area contributed by atoms with E-state index in [1.807, 2.05) is 0 Å². The summed E-state index contributed by atoms with van der Waals surface area (Å²) in [7, 11) is 0. The number of oxazole rings is 1. The molecule has 1 aliphatic heterocycles. The van der Waals surface area contributed by atoms with Crippen LogP contribution >= 0.6 is 23.2 Å². The van der Waals surface area contributed by atoms with Gasteiger partial charge in [-0.3, -0.25) is 4.79 Å². The van der Waals surface area contributed by atoms with Crippen molar-refractivity contribution < 1.29 is 9.21 Å². The SMILES string of the molecule is O=C(CCc1ncc(-c2ccc(Cl)cc2Cl)o1)NCCc1nnc2n1CCCCC2. The lowest BCUT2D eigenvalue weighted by atomic mass is 10.2. The molecule has 4 rings (SSSR count). The van der Waals surface area contributed by atoms with Gasteiger partial charge in [-0.15, -0.1) is 10.2 Å². The molecule has 0 radical (unpaired) electrons. The van der Waals surface area contributed by atoms with E-state index >= 15 is 0 Å². The lowest BCUT2D eigenvalue weighted by Gasteiger charge is -2.07. The van der Waals surface area contributed by atoms with Crippen molar-refractivity contribution in [2.75, 3.05) is 6.54 Å². The third kappa shape index (κ3) is 5.02. The van der Waals surface area contributed by atoms with Crippen molar-refractivity contribution in [2.45, 2.75) is 51.5 Å². The molecule has 1 amide bonds. The van der Waals surface area contributed by atoms with Gasteiger partial charge >= 0.3 is 0 Å². The fourth-order valence-corrected chi connectivity index (χ4v) is 4.09. The Labute approximate surface area is 184 Å². The zero-order valence-corrected chi connectivity index (χ0v) is 18.0. The molecule has 30 heavy (non-hydrogen) atoms. The molecule has 0 spiro atoms. The minimum Gasteiger partial charge on any atom is -0.441 e. The van der Waals surface area contributed by atoms with E-state index in [2.05, 4.69) is 25.1 Å². The maximum absolute atomic E-state index is 12.2. The second kappa shape index (κ2) is 9.62. The van der Waals surface area contributed by atoms with Gasteiger partial charge in [0.25, 0.3) is 0 Å². The number of rotatable bonds is 7. The second-order valence-electron chi connectivity index (χ2n) is 7.34. The van der Waals surface area contributed by atoms with Gasteiger partial charge < -0.3 is 14.3 Å². The highest BCUT2D eigenvalue weighted by atomic mass is 35.5. The number of fused-ring (bicyclic) bond motifs is 1. The Balaban J connectivity index is 1.25. The van der Waals surface area contributed by atoms with Crippen LogP contribution in [0.25, 0.3) is 11.3 Å². The zero-order valence-electron chi connectivity index (χ0n) is 16.5. The molecule has 158 valence electrons. The van der Waals surface area contributed by atoms with Gasteiger partial charge in [0.05, 0.1) is 11.2 Å². The predicted molar refractivity (Wildman–Crippen MR) is 115 cm³/mol. The molecule has 2 aromatic heterocycles. The average Bonchev–Trinajstić information content (AvgIpc) is 3.27. The highest BCUT2D eigenvalue weighted by Crippen LogP contribution is 2.30. The maximum atomic E-state index is 12.2. The molecule has 0 saturated heterocycles. The molecule has 3 aromatic rings. The number of hydrogen-bond donors (Lipinski definition) is 1. The van der Waals surface area contributed by atoms with E-state index in [9.17, 15) is 4.79 Å². The number of benzene rings is 1. The Bertz CT molecular complexity index is 1030. The van der Waals surface area contributed by atoms with Crippen LogP contribution in [0.3, 0.4) is 0 Å². The van der Waals surface area contributed by atoms with Crippen molar-refractivity contribution in [1.82, 2.24) is 25.1 Å². The molecule has 7 nitrogen and oxygen atoms in total. The number of aromatic nitrogens is 4. The number of nitrogens with one attached hydrogen (secondary N) is 1. The first kappa shape index (κ1) is 20.9. The Hall–Kier alpha value is -2.38. The molecule has 0 bridgehead atoms.